The van der Waals surface area contributed by atoms with E-state index in [-0.39, 0.29) is 35.9 Å². The van der Waals surface area contributed by atoms with Crippen LogP contribution in [0, 0.1) is 15.9 Å². The Morgan fingerprint density at radius 1 is 1.22 bits per heavy atom. The van der Waals surface area contributed by atoms with Crippen LogP contribution in [0.15, 0.2) is 47.8 Å². The molecule has 0 aliphatic heterocycles. The minimum atomic E-state index is -0.506. The van der Waals surface area contributed by atoms with E-state index >= 15 is 0 Å². The molecule has 3 aromatic rings. The van der Waals surface area contributed by atoms with Gasteiger partial charge in [0.2, 0.25) is 0 Å². The van der Waals surface area contributed by atoms with Crippen molar-refractivity contribution in [1.29, 1.82) is 0 Å². The van der Waals surface area contributed by atoms with Gasteiger partial charge in [-0.3, -0.25) is 19.5 Å². The number of carbonyl (C=O) groups excluding carboxylic acids is 1. The van der Waals surface area contributed by atoms with Crippen LogP contribution < -0.4 is 14.8 Å². The molecule has 0 unspecified atom stereocenters. The molecule has 1 amide bonds. The molecule has 0 atom stereocenters. The van der Waals surface area contributed by atoms with E-state index in [1.165, 1.54) is 56.4 Å². The minimum absolute atomic E-state index is 0.127. The normalized spacial score (nSPS) is 10.6. The largest absolute Gasteiger partial charge is 0.493 e. The Hall–Kier alpha value is -3.60. The summed E-state index contributed by atoms with van der Waals surface area (Å²) in [6.07, 6.45) is 3.45. The lowest BCUT2D eigenvalue weighted by Crippen LogP contribution is -2.28. The van der Waals surface area contributed by atoms with Gasteiger partial charge >= 0.3 is 0 Å². The number of halogens is 1. The van der Waals surface area contributed by atoms with Gasteiger partial charge in [0.1, 0.15) is 11.5 Å². The highest BCUT2D eigenvalue weighted by Gasteiger charge is 2.21. The van der Waals surface area contributed by atoms with Gasteiger partial charge in [0.05, 0.1) is 31.4 Å². The summed E-state index contributed by atoms with van der Waals surface area (Å²) in [4.78, 5) is 28.0. The SMILES string of the molecule is COc1cc(CCNC(=O)c2cnc(SC)n2-c2ccc(F)cc2)c([N+](=O)[O-])cc1OC. The second-order valence-electron chi connectivity index (χ2n) is 6.54. The fraction of sp³-hybridized carbons (Fsp3) is 0.238. The van der Waals surface area contributed by atoms with Crippen LogP contribution in [0.25, 0.3) is 5.69 Å². The van der Waals surface area contributed by atoms with Crippen molar-refractivity contribution in [1.82, 2.24) is 14.9 Å². The van der Waals surface area contributed by atoms with Crippen LogP contribution in [0.2, 0.25) is 0 Å². The summed E-state index contributed by atoms with van der Waals surface area (Å²) >= 11 is 1.34. The molecule has 1 N–H and O–H groups in total. The number of nitro benzene ring substituents is 1. The van der Waals surface area contributed by atoms with Crippen molar-refractivity contribution in [3.8, 4) is 17.2 Å². The molecule has 0 radical (unpaired) electrons. The second-order valence-corrected chi connectivity index (χ2v) is 7.31. The standard InChI is InChI=1S/C21H21FN4O5S/c1-30-18-10-13(16(26(28)29)11-19(18)31-2)8-9-23-20(27)17-12-24-21(32-3)25(17)15-6-4-14(22)5-7-15/h4-7,10-12H,8-9H2,1-3H3,(H,23,27). The van der Waals surface area contributed by atoms with E-state index in [0.717, 1.165) is 0 Å². The van der Waals surface area contributed by atoms with Gasteiger partial charge in [-0.25, -0.2) is 9.37 Å². The maximum absolute atomic E-state index is 13.3. The van der Waals surface area contributed by atoms with Gasteiger partial charge in [-0.15, -0.1) is 0 Å². The van der Waals surface area contributed by atoms with Gasteiger partial charge in [0, 0.05) is 17.8 Å². The number of thioether (sulfide) groups is 1. The summed E-state index contributed by atoms with van der Waals surface area (Å²) in [5.41, 5.74) is 1.12. The number of nitrogens with zero attached hydrogens (tertiary/aromatic N) is 3. The number of aromatic nitrogens is 2. The molecule has 0 spiro atoms. The zero-order valence-electron chi connectivity index (χ0n) is 17.6. The molecule has 0 aliphatic rings. The summed E-state index contributed by atoms with van der Waals surface area (Å²) in [5.74, 6) is -0.189. The molecule has 168 valence electrons. The lowest BCUT2D eigenvalue weighted by atomic mass is 10.1. The second kappa shape index (κ2) is 10.1. The molecular weight excluding hydrogens is 439 g/mol. The lowest BCUT2D eigenvalue weighted by molar-refractivity contribution is -0.385. The van der Waals surface area contributed by atoms with Gasteiger partial charge in [-0.2, -0.15) is 0 Å². The first kappa shape index (κ1) is 23.1. The molecule has 1 heterocycles. The molecule has 0 aliphatic carbocycles. The molecule has 11 heteroatoms. The van der Waals surface area contributed by atoms with Crippen molar-refractivity contribution < 1.29 is 23.6 Å². The van der Waals surface area contributed by atoms with Crippen molar-refractivity contribution in [3.63, 3.8) is 0 Å². The minimum Gasteiger partial charge on any atom is -0.493 e. The van der Waals surface area contributed by atoms with Gasteiger partial charge in [-0.1, -0.05) is 11.8 Å². The number of benzene rings is 2. The Balaban J connectivity index is 1.80. The maximum atomic E-state index is 13.3. The van der Waals surface area contributed by atoms with E-state index in [4.69, 9.17) is 9.47 Å². The van der Waals surface area contributed by atoms with Crippen molar-refractivity contribution in [2.45, 2.75) is 11.6 Å². The average Bonchev–Trinajstić information content (AvgIpc) is 3.23. The first-order valence-corrected chi connectivity index (χ1v) is 10.7. The molecule has 0 fully saturated rings. The highest BCUT2D eigenvalue weighted by atomic mass is 32.2. The third-order valence-electron chi connectivity index (χ3n) is 4.69. The van der Waals surface area contributed by atoms with Crippen LogP contribution in [0.3, 0.4) is 0 Å². The monoisotopic (exact) mass is 460 g/mol. The smallest absolute Gasteiger partial charge is 0.276 e. The molecule has 1 aromatic heterocycles. The Morgan fingerprint density at radius 3 is 2.47 bits per heavy atom. The Morgan fingerprint density at radius 2 is 1.88 bits per heavy atom. The summed E-state index contributed by atoms with van der Waals surface area (Å²) in [5, 5.41) is 14.8. The number of nitrogens with one attached hydrogen (secondary N) is 1. The number of nitro groups is 1. The van der Waals surface area contributed by atoms with Crippen LogP contribution in [-0.2, 0) is 6.42 Å². The van der Waals surface area contributed by atoms with Crippen molar-refractivity contribution in [2.75, 3.05) is 27.0 Å². The first-order valence-electron chi connectivity index (χ1n) is 9.44. The quantitative estimate of drug-likeness (QED) is 0.295. The van der Waals surface area contributed by atoms with E-state index in [1.54, 1.807) is 16.7 Å². The summed E-state index contributed by atoms with van der Waals surface area (Å²) in [6, 6.07) is 8.54. The Bertz CT molecular complexity index is 1130. The Kier molecular flexibility index (Phi) is 7.31. The summed E-state index contributed by atoms with van der Waals surface area (Å²) < 4.78 is 25.3. The third kappa shape index (κ3) is 4.83. The Labute approximate surface area is 187 Å². The number of rotatable bonds is 9. The van der Waals surface area contributed by atoms with E-state index in [0.29, 0.717) is 22.2 Å². The maximum Gasteiger partial charge on any atom is 0.276 e. The number of imidazole rings is 1. The van der Waals surface area contributed by atoms with Gasteiger partial charge in [-0.05, 0) is 43.0 Å². The topological polar surface area (TPSA) is 109 Å². The van der Waals surface area contributed by atoms with Crippen LogP contribution in [0.1, 0.15) is 16.1 Å². The summed E-state index contributed by atoms with van der Waals surface area (Å²) in [6.45, 7) is 0.137. The predicted octanol–water partition coefficient (Wildman–Crippen LogP) is 3.63. The number of hydrogen-bond donors (Lipinski definition) is 1. The molecular formula is C21H21FN4O5S. The van der Waals surface area contributed by atoms with E-state index in [9.17, 15) is 19.3 Å². The molecule has 0 bridgehead atoms. The number of amides is 1. The molecule has 32 heavy (non-hydrogen) atoms. The van der Waals surface area contributed by atoms with Gasteiger partial charge in [0.15, 0.2) is 16.7 Å². The van der Waals surface area contributed by atoms with E-state index in [2.05, 4.69) is 10.3 Å². The third-order valence-corrected chi connectivity index (χ3v) is 5.34. The fourth-order valence-electron chi connectivity index (χ4n) is 3.16. The highest BCUT2D eigenvalue weighted by Crippen LogP contribution is 2.34. The lowest BCUT2D eigenvalue weighted by Gasteiger charge is -2.12. The van der Waals surface area contributed by atoms with Gasteiger partial charge < -0.3 is 14.8 Å². The molecule has 9 nitrogen and oxygen atoms in total. The molecule has 0 saturated carbocycles. The van der Waals surface area contributed by atoms with Crippen LogP contribution in [0.5, 0.6) is 11.5 Å². The average molecular weight is 460 g/mol. The summed E-state index contributed by atoms with van der Waals surface area (Å²) in [7, 11) is 2.84. The fourth-order valence-corrected chi connectivity index (χ4v) is 3.70. The molecule has 3 rings (SSSR count). The van der Waals surface area contributed by atoms with Crippen LogP contribution >= 0.6 is 11.8 Å². The molecule has 2 aromatic carbocycles. The van der Waals surface area contributed by atoms with Crippen LogP contribution in [-0.4, -0.2) is 47.4 Å². The van der Waals surface area contributed by atoms with Crippen molar-refractivity contribution in [2.24, 2.45) is 0 Å². The molecule has 0 saturated heterocycles. The van der Waals surface area contributed by atoms with Crippen molar-refractivity contribution in [3.05, 3.63) is 69.8 Å². The zero-order chi connectivity index (χ0) is 23.3. The number of hydrogen-bond acceptors (Lipinski definition) is 7. The zero-order valence-corrected chi connectivity index (χ0v) is 18.4. The first-order chi connectivity index (χ1) is 15.4. The number of methoxy groups -OCH3 is 2. The number of carbonyl (C=O) groups is 1. The number of ether oxygens (including phenoxy) is 2. The van der Waals surface area contributed by atoms with E-state index in [1.807, 2.05) is 6.26 Å². The van der Waals surface area contributed by atoms with E-state index < -0.39 is 10.8 Å². The van der Waals surface area contributed by atoms with Gasteiger partial charge in [0.25, 0.3) is 11.6 Å². The van der Waals surface area contributed by atoms with Crippen molar-refractivity contribution >= 4 is 23.4 Å². The highest BCUT2D eigenvalue weighted by molar-refractivity contribution is 7.98. The predicted molar refractivity (Wildman–Crippen MR) is 118 cm³/mol. The van der Waals surface area contributed by atoms with Crippen LogP contribution in [0.4, 0.5) is 10.1 Å².